The van der Waals surface area contributed by atoms with Gasteiger partial charge in [-0.1, -0.05) is 18.2 Å². The molecule has 1 fully saturated rings. The molecule has 1 spiro atoms. The second kappa shape index (κ2) is 9.71. The number of nitrogens with zero attached hydrogens (tertiary/aromatic N) is 4. The van der Waals surface area contributed by atoms with Crippen molar-refractivity contribution in [3.8, 4) is 0 Å². The molecule has 2 aliphatic rings. The minimum atomic E-state index is -1.82. The van der Waals surface area contributed by atoms with Gasteiger partial charge >= 0.3 is 6.03 Å². The van der Waals surface area contributed by atoms with Gasteiger partial charge in [-0.15, -0.1) is 0 Å². The summed E-state index contributed by atoms with van der Waals surface area (Å²) in [7, 11) is 3.20. The van der Waals surface area contributed by atoms with Crippen LogP contribution in [0.15, 0.2) is 54.9 Å². The molecule has 1 aliphatic heterocycles. The standard InChI is InChI=1S/C26H25FN6O5/c1-28-25(37)30-19-7-8-21-17(9-19)10-22(34)26(21)24(36)32(15-38-26)14-23(35)33(20-11-29-31(2)13-20)12-16-3-5-18(27)6-4-16/h3-9,11,13H,10,12,14-15H2,1-2H3,(H2,28,30,37)/t26-/m1/s1. The first-order valence-corrected chi connectivity index (χ1v) is 11.8. The molecule has 3 aromatic rings. The summed E-state index contributed by atoms with van der Waals surface area (Å²) in [6, 6.07) is 10.2. The summed E-state index contributed by atoms with van der Waals surface area (Å²) in [5, 5.41) is 9.22. The topological polar surface area (TPSA) is 126 Å². The summed E-state index contributed by atoms with van der Waals surface area (Å²) in [6.07, 6.45) is 3.14. The first-order valence-electron chi connectivity index (χ1n) is 11.8. The summed E-state index contributed by atoms with van der Waals surface area (Å²) in [5.41, 5.74) is 0.808. The number of hydrogen-bond acceptors (Lipinski definition) is 6. The van der Waals surface area contributed by atoms with Gasteiger partial charge in [-0.2, -0.15) is 5.10 Å². The Morgan fingerprint density at radius 1 is 1.18 bits per heavy atom. The molecular weight excluding hydrogens is 495 g/mol. The highest BCUT2D eigenvalue weighted by Crippen LogP contribution is 2.43. The van der Waals surface area contributed by atoms with Crippen LogP contribution < -0.4 is 15.5 Å². The van der Waals surface area contributed by atoms with E-state index in [2.05, 4.69) is 15.7 Å². The van der Waals surface area contributed by atoms with E-state index in [1.807, 2.05) is 0 Å². The number of fused-ring (bicyclic) bond motifs is 2. The average Bonchev–Trinajstić information content (AvgIpc) is 3.55. The molecule has 1 saturated heterocycles. The molecule has 2 aromatic carbocycles. The average molecular weight is 521 g/mol. The molecule has 12 heteroatoms. The first-order chi connectivity index (χ1) is 18.2. The zero-order chi connectivity index (χ0) is 27.0. The Kier molecular flexibility index (Phi) is 6.41. The van der Waals surface area contributed by atoms with Crippen LogP contribution in [0.2, 0.25) is 0 Å². The second-order valence-electron chi connectivity index (χ2n) is 9.11. The van der Waals surface area contributed by atoms with Gasteiger partial charge in [0.1, 0.15) is 19.1 Å². The Morgan fingerprint density at radius 2 is 1.95 bits per heavy atom. The number of rotatable bonds is 6. The van der Waals surface area contributed by atoms with Crippen molar-refractivity contribution in [3.63, 3.8) is 0 Å². The van der Waals surface area contributed by atoms with Crippen LogP contribution in [0.25, 0.3) is 0 Å². The number of carbonyl (C=O) groups excluding carboxylic acids is 4. The lowest BCUT2D eigenvalue weighted by Crippen LogP contribution is -2.46. The van der Waals surface area contributed by atoms with E-state index in [1.54, 1.807) is 48.3 Å². The van der Waals surface area contributed by atoms with Gasteiger partial charge in [-0.25, -0.2) is 9.18 Å². The fourth-order valence-corrected chi connectivity index (χ4v) is 4.72. The maximum atomic E-state index is 13.6. The molecule has 1 atom stereocenters. The summed E-state index contributed by atoms with van der Waals surface area (Å²) >= 11 is 0. The van der Waals surface area contributed by atoms with Crippen LogP contribution in [-0.2, 0) is 44.7 Å². The Balaban J connectivity index is 1.37. The number of carbonyl (C=O) groups is 4. The lowest BCUT2D eigenvalue weighted by Gasteiger charge is -2.25. The molecule has 0 radical (unpaired) electrons. The number of Topliss-reactive ketones (excluding diaryl/α,β-unsaturated/α-hetero) is 1. The number of aromatic nitrogens is 2. The van der Waals surface area contributed by atoms with Crippen molar-refractivity contribution >= 4 is 35.0 Å². The maximum absolute atomic E-state index is 13.6. The van der Waals surface area contributed by atoms with Crippen LogP contribution in [0.3, 0.4) is 0 Å². The van der Waals surface area contributed by atoms with Gasteiger partial charge in [0.05, 0.1) is 18.4 Å². The molecule has 0 saturated carbocycles. The van der Waals surface area contributed by atoms with Crippen molar-refractivity contribution in [2.75, 3.05) is 30.5 Å². The molecule has 4 amide bonds. The number of anilines is 2. The highest BCUT2D eigenvalue weighted by Gasteiger charge is 2.59. The van der Waals surface area contributed by atoms with Crippen LogP contribution in [-0.4, -0.2) is 58.6 Å². The molecule has 0 bridgehead atoms. The summed E-state index contributed by atoms with van der Waals surface area (Å²) in [6.45, 7) is -0.456. The van der Waals surface area contributed by atoms with Crippen molar-refractivity contribution in [2.45, 2.75) is 18.6 Å². The molecule has 1 aliphatic carbocycles. The molecule has 0 unspecified atom stereocenters. The lowest BCUT2D eigenvalue weighted by molar-refractivity contribution is -0.149. The van der Waals surface area contributed by atoms with Crippen LogP contribution in [0.1, 0.15) is 16.7 Å². The predicted molar refractivity (Wildman–Crippen MR) is 133 cm³/mol. The molecule has 2 N–H and O–H groups in total. The SMILES string of the molecule is CNC(=O)Nc1ccc2c(c1)CC(=O)[C@]21OCN(CC(=O)N(Cc2ccc(F)cc2)c2cnn(C)c2)C1=O. The number of ketones is 1. The minimum Gasteiger partial charge on any atom is -0.341 e. The quantitative estimate of drug-likeness (QED) is 0.477. The zero-order valence-corrected chi connectivity index (χ0v) is 20.7. The van der Waals surface area contributed by atoms with Crippen molar-refractivity contribution < 1.29 is 28.3 Å². The normalized spacial score (nSPS) is 18.1. The third-order valence-electron chi connectivity index (χ3n) is 6.62. The number of halogens is 1. The summed E-state index contributed by atoms with van der Waals surface area (Å²) in [4.78, 5) is 54.5. The molecule has 38 heavy (non-hydrogen) atoms. The number of hydrogen-bond donors (Lipinski definition) is 2. The number of ether oxygens (including phenoxy) is 1. The number of amides is 4. The van der Waals surface area contributed by atoms with Crippen LogP contribution in [0.4, 0.5) is 20.6 Å². The number of urea groups is 1. The maximum Gasteiger partial charge on any atom is 0.318 e. The minimum absolute atomic E-state index is 0.0432. The third kappa shape index (κ3) is 4.39. The van der Waals surface area contributed by atoms with Crippen LogP contribution in [0.5, 0.6) is 0 Å². The lowest BCUT2D eigenvalue weighted by atomic mass is 9.94. The van der Waals surface area contributed by atoms with E-state index in [-0.39, 0.29) is 26.2 Å². The van der Waals surface area contributed by atoms with E-state index in [1.165, 1.54) is 35.2 Å². The van der Waals surface area contributed by atoms with Crippen molar-refractivity contribution in [1.82, 2.24) is 20.0 Å². The van der Waals surface area contributed by atoms with E-state index < -0.39 is 35.0 Å². The molecule has 2 heterocycles. The van der Waals surface area contributed by atoms with Gasteiger partial charge in [0.2, 0.25) is 11.5 Å². The van der Waals surface area contributed by atoms with Gasteiger partial charge in [-0.05, 0) is 35.4 Å². The van der Waals surface area contributed by atoms with E-state index in [0.29, 0.717) is 28.1 Å². The molecular formula is C26H25FN6O5. The van der Waals surface area contributed by atoms with Gasteiger partial charge in [0.25, 0.3) is 5.91 Å². The Hall–Kier alpha value is -4.58. The molecule has 11 nitrogen and oxygen atoms in total. The van der Waals surface area contributed by atoms with Gasteiger partial charge in [0, 0.05) is 38.0 Å². The van der Waals surface area contributed by atoms with E-state index in [0.717, 1.165) is 0 Å². The van der Waals surface area contributed by atoms with Crippen molar-refractivity contribution in [1.29, 1.82) is 0 Å². The third-order valence-corrected chi connectivity index (χ3v) is 6.62. The van der Waals surface area contributed by atoms with E-state index in [4.69, 9.17) is 4.74 Å². The fourth-order valence-electron chi connectivity index (χ4n) is 4.72. The number of benzene rings is 2. The highest BCUT2D eigenvalue weighted by atomic mass is 19.1. The van der Waals surface area contributed by atoms with E-state index in [9.17, 15) is 23.6 Å². The molecule has 196 valence electrons. The van der Waals surface area contributed by atoms with Crippen LogP contribution >= 0.6 is 0 Å². The largest absolute Gasteiger partial charge is 0.341 e. The highest BCUT2D eigenvalue weighted by molar-refractivity contribution is 6.15. The Morgan fingerprint density at radius 3 is 2.63 bits per heavy atom. The van der Waals surface area contributed by atoms with Gasteiger partial charge in [-0.3, -0.25) is 19.1 Å². The van der Waals surface area contributed by atoms with Gasteiger partial charge in [0.15, 0.2) is 5.78 Å². The molecule has 1 aromatic heterocycles. The van der Waals surface area contributed by atoms with Gasteiger partial charge < -0.3 is 25.2 Å². The van der Waals surface area contributed by atoms with E-state index >= 15 is 0 Å². The van der Waals surface area contributed by atoms with Crippen LogP contribution in [0, 0.1) is 5.82 Å². The number of nitrogens with one attached hydrogen (secondary N) is 2. The van der Waals surface area contributed by atoms with Crippen molar-refractivity contribution in [2.24, 2.45) is 7.05 Å². The monoisotopic (exact) mass is 520 g/mol. The molecule has 5 rings (SSSR count). The Labute approximate surface area is 217 Å². The zero-order valence-electron chi connectivity index (χ0n) is 20.7. The first kappa shape index (κ1) is 25.1. The fraction of sp³-hybridized carbons (Fsp3) is 0.269. The number of aryl methyl sites for hydroxylation is 1. The summed E-state index contributed by atoms with van der Waals surface area (Å²) < 4.78 is 20.8. The summed E-state index contributed by atoms with van der Waals surface area (Å²) in [5.74, 6) is -1.86. The smallest absolute Gasteiger partial charge is 0.318 e. The predicted octanol–water partition coefficient (Wildman–Crippen LogP) is 1.68. The van der Waals surface area contributed by atoms with Crippen molar-refractivity contribution in [3.05, 3.63) is 77.4 Å². The Bertz CT molecular complexity index is 1440. The second-order valence-corrected chi connectivity index (χ2v) is 9.11.